The molecule has 0 spiro atoms. The van der Waals surface area contributed by atoms with Crippen LogP contribution in [0.2, 0.25) is 0 Å². The Morgan fingerprint density at radius 3 is 1.62 bits per heavy atom. The number of carbonyl (C=O) groups excluding carboxylic acids is 5. The van der Waals surface area contributed by atoms with Crippen molar-refractivity contribution in [1.29, 1.82) is 5.26 Å². The van der Waals surface area contributed by atoms with Crippen LogP contribution in [0, 0.1) is 40.8 Å². The molecule has 15 rings (SSSR count). The Hall–Kier alpha value is -15.3. The Kier molecular flexibility index (Phi) is 29.8. The Morgan fingerprint density at radius 2 is 1.12 bits per heavy atom. The van der Waals surface area contributed by atoms with Crippen LogP contribution < -0.4 is 58.3 Å². The molecule has 8 heterocycles. The third-order valence-corrected chi connectivity index (χ3v) is 19.8. The van der Waals surface area contributed by atoms with Crippen molar-refractivity contribution in [3.05, 3.63) is 284 Å². The number of Topliss-reactive ketones (excluding diaryl/α,β-unsaturated/α-hetero) is 1. The Bertz CT molecular complexity index is 6220. The van der Waals surface area contributed by atoms with E-state index in [0.29, 0.717) is 113 Å². The zero-order valence-electron chi connectivity index (χ0n) is 66.1. The van der Waals surface area contributed by atoms with Gasteiger partial charge in [0, 0.05) is 77.9 Å². The predicted octanol–water partition coefficient (Wildman–Crippen LogP) is 14.4. The zero-order valence-corrected chi connectivity index (χ0v) is 70.1. The zero-order chi connectivity index (χ0) is 86.5. The van der Waals surface area contributed by atoms with Gasteiger partial charge in [0.15, 0.2) is 40.3 Å². The third-order valence-electron chi connectivity index (χ3n) is 18.6. The van der Waals surface area contributed by atoms with Crippen LogP contribution in [0.4, 0.5) is 44.9 Å². The number of hydrogen-bond donors (Lipinski definition) is 7. The first kappa shape index (κ1) is 88.5. The van der Waals surface area contributed by atoms with E-state index in [0.717, 1.165) is 38.3 Å². The van der Waals surface area contributed by atoms with Crippen LogP contribution in [-0.4, -0.2) is 131 Å². The lowest BCUT2D eigenvalue weighted by Gasteiger charge is -2.14. The van der Waals surface area contributed by atoms with Gasteiger partial charge in [-0.15, -0.1) is 12.4 Å². The van der Waals surface area contributed by atoms with Crippen molar-refractivity contribution in [2.45, 2.75) is 52.1 Å². The fourth-order valence-electron chi connectivity index (χ4n) is 12.9. The molecule has 31 nitrogen and oxygen atoms in total. The van der Waals surface area contributed by atoms with Gasteiger partial charge in [0.25, 0.3) is 17.7 Å². The summed E-state index contributed by atoms with van der Waals surface area (Å²) in [7, 11) is 1.52. The molecule has 6 aromatic heterocycles. The summed E-state index contributed by atoms with van der Waals surface area (Å²) in [5, 5.41) is 29.6. The summed E-state index contributed by atoms with van der Waals surface area (Å²) in [5.74, 6) is 12.1. The van der Waals surface area contributed by atoms with Crippen LogP contribution in [0.3, 0.4) is 0 Å². The summed E-state index contributed by atoms with van der Waals surface area (Å²) in [4.78, 5) is 119. The number of halogens is 4. The smallest absolute Gasteiger partial charge is 0.335 e. The lowest BCUT2D eigenvalue weighted by Crippen LogP contribution is -2.31. The molecule has 123 heavy (non-hydrogen) atoms. The number of imidazole rings is 2. The first-order valence-corrected chi connectivity index (χ1v) is 39.0. The number of nitrogens with zero attached hydrogens (tertiary/aromatic N) is 14. The maximum Gasteiger partial charge on any atom is 0.335 e. The van der Waals surface area contributed by atoms with E-state index in [1.165, 1.54) is 48.0 Å². The SMILES string of the molecule is C=CC(=O)Nc1cccc(Nc2nc(Nc3ccc(Oc4ccnc(C(=O)NC)c4)cc3)ncc2F)c1.CC#CC(=O)N1CC[C@@H](n2c(=O)n(-c3ccc(Oc4ccccc4)cc3)c3c(N)ncnc32)C1.CC#CC(=O)N1CC[C@@H](n2c(=O)n(-c3ccc(Oc4ccccc4)cc3)c3c(N)ncnc32)C1.CC(=O)C(C#N)=C(O)Cc1cc(Br)ccc1Br.Cl. The molecule has 7 aromatic carbocycles. The van der Waals surface area contributed by atoms with Gasteiger partial charge in [-0.05, 0) is 197 Å². The second-order valence-corrected chi connectivity index (χ2v) is 28.5. The minimum atomic E-state index is -0.650. The number of nitriles is 1. The number of para-hydroxylation sites is 2. The molecule has 622 valence electrons. The second-order valence-electron chi connectivity index (χ2n) is 26.7. The normalized spacial score (nSPS) is 13.1. The molecule has 2 aliphatic heterocycles. The number of aliphatic hydroxyl groups excluding tert-OH is 1. The standard InChI is InChI=1S/C26H22FN7O3.2C25H22N6O3.C12H9Br2NO2.ClH/c1-3-23(35)31-17-5-4-6-18(13-17)32-24-21(27)15-30-26(34-24)33-16-7-9-19(10-8-16)37-20-11-12-29-22(14-20)25(36)28-2;2*1-2-6-21(32)29-14-13-18(15-29)31-24-22(23(26)27-16-28-24)30(25(31)33)17-9-11-20(12-10-17)34-19-7-4-3-5-8-19;1-7(16)10(6-15)12(17)5-8-4-9(13)2-3-11(8)14;/h3-15H,1H2,2H3,(H,28,36)(H,31,35)(H2,30,32,33,34);2*3-5,7-12,16,18H,13-15H2,1H3,(H2,26,27,28);2-4,17H,5H2,1H3;1H/t;2*18-;;/m.11../s1. The van der Waals surface area contributed by atoms with Crippen molar-refractivity contribution < 1.29 is 47.7 Å². The van der Waals surface area contributed by atoms with Crippen molar-refractivity contribution in [3.63, 3.8) is 0 Å². The summed E-state index contributed by atoms with van der Waals surface area (Å²) in [6.45, 7) is 9.70. The van der Waals surface area contributed by atoms with Gasteiger partial charge >= 0.3 is 11.4 Å². The first-order valence-electron chi connectivity index (χ1n) is 37.4. The summed E-state index contributed by atoms with van der Waals surface area (Å²) in [6.07, 6.45) is 7.75. The van der Waals surface area contributed by atoms with Gasteiger partial charge < -0.3 is 61.9 Å². The maximum absolute atomic E-state index is 14.4. The first-order chi connectivity index (χ1) is 59.0. The van der Waals surface area contributed by atoms with Gasteiger partial charge in [0.05, 0.1) is 29.7 Å². The van der Waals surface area contributed by atoms with Crippen molar-refractivity contribution in [1.82, 2.24) is 68.3 Å². The van der Waals surface area contributed by atoms with Gasteiger partial charge in [-0.1, -0.05) is 92.7 Å². The van der Waals surface area contributed by atoms with E-state index in [1.807, 2.05) is 78.9 Å². The fourth-order valence-corrected chi connectivity index (χ4v) is 13.7. The molecule has 13 aromatic rings. The van der Waals surface area contributed by atoms with E-state index < -0.39 is 11.6 Å². The van der Waals surface area contributed by atoms with Crippen molar-refractivity contribution in [2.75, 3.05) is 60.6 Å². The molecule has 9 N–H and O–H groups in total. The van der Waals surface area contributed by atoms with Crippen molar-refractivity contribution in [2.24, 2.45) is 0 Å². The monoisotopic (exact) mass is 1800 g/mol. The lowest BCUT2D eigenvalue weighted by atomic mass is 10.1. The Morgan fingerprint density at radius 1 is 0.618 bits per heavy atom. The molecule has 0 unspecified atom stereocenters. The largest absolute Gasteiger partial charge is 0.510 e. The average molecular weight is 1800 g/mol. The van der Waals surface area contributed by atoms with Crippen LogP contribution in [0.25, 0.3) is 33.7 Å². The maximum atomic E-state index is 14.4. The number of nitrogen functional groups attached to an aromatic ring is 2. The van der Waals surface area contributed by atoms with Crippen LogP contribution in [0.5, 0.6) is 34.5 Å². The number of aliphatic hydroxyl groups is 1. The molecule has 4 amide bonds. The molecule has 0 aliphatic carbocycles. The number of hydrogen-bond acceptors (Lipinski definition) is 23. The predicted molar refractivity (Wildman–Crippen MR) is 472 cm³/mol. The van der Waals surface area contributed by atoms with Crippen LogP contribution in [0.1, 0.15) is 61.7 Å². The highest BCUT2D eigenvalue weighted by Crippen LogP contribution is 2.34. The van der Waals surface area contributed by atoms with Crippen LogP contribution in [-0.2, 0) is 25.6 Å². The highest BCUT2D eigenvalue weighted by Gasteiger charge is 2.34. The van der Waals surface area contributed by atoms with Crippen molar-refractivity contribution in [3.8, 4) is 75.6 Å². The number of carbonyl (C=O) groups is 5. The van der Waals surface area contributed by atoms with E-state index in [-0.39, 0.29) is 106 Å². The van der Waals surface area contributed by atoms with E-state index >= 15 is 0 Å². The number of pyridine rings is 1. The Labute approximate surface area is 725 Å². The summed E-state index contributed by atoms with van der Waals surface area (Å²) in [5.41, 5.74) is 17.3. The summed E-state index contributed by atoms with van der Waals surface area (Å²) in [6, 6.07) is 56.7. The van der Waals surface area contributed by atoms with Crippen molar-refractivity contribution >= 4 is 136 Å². The number of allylic oxidation sites excluding steroid dienone is 2. The minimum absolute atomic E-state index is 0. The molecule has 2 fully saturated rings. The van der Waals surface area contributed by atoms with E-state index in [9.17, 15) is 43.1 Å². The number of rotatable bonds is 20. The molecule has 35 heteroatoms. The molecule has 2 atom stereocenters. The summed E-state index contributed by atoms with van der Waals surface area (Å²) < 4.78 is 39.8. The number of likely N-dealkylation sites (tertiary alicyclic amines) is 2. The molecule has 0 bridgehead atoms. The number of ether oxygens (including phenoxy) is 3. The number of fused-ring (bicyclic) bond motifs is 2. The lowest BCUT2D eigenvalue weighted by molar-refractivity contribution is -0.125. The highest BCUT2D eigenvalue weighted by molar-refractivity contribution is 9.11. The van der Waals surface area contributed by atoms with Gasteiger partial charge in [-0.3, -0.25) is 47.2 Å². The topological polar surface area (TPSA) is 408 Å². The van der Waals surface area contributed by atoms with E-state index in [4.69, 9.17) is 30.9 Å². The molecule has 2 aliphatic rings. The highest BCUT2D eigenvalue weighted by atomic mass is 79.9. The van der Waals surface area contributed by atoms with Gasteiger partial charge in [-0.25, -0.2) is 38.9 Å². The molecular formula is C88H76Br2ClFN20O11. The molecular weight excluding hydrogens is 1730 g/mol. The minimum Gasteiger partial charge on any atom is -0.510 e. The van der Waals surface area contributed by atoms with Gasteiger partial charge in [-0.2, -0.15) is 10.2 Å². The van der Waals surface area contributed by atoms with Crippen LogP contribution in [0.15, 0.2) is 256 Å². The number of amides is 4. The number of aromatic nitrogens is 11. The molecule has 0 radical (unpaired) electrons. The second kappa shape index (κ2) is 41.4. The number of nitrogens with one attached hydrogen (secondary N) is 4. The van der Waals surface area contributed by atoms with Crippen LogP contribution >= 0.6 is 44.3 Å². The van der Waals surface area contributed by atoms with Gasteiger partial charge in [0.2, 0.25) is 11.9 Å². The number of anilines is 7. The van der Waals surface area contributed by atoms with Gasteiger partial charge in [0.1, 0.15) is 81.3 Å². The molecule has 2 saturated heterocycles. The fraction of sp³-hybridized carbons (Fsp3) is 0.148. The summed E-state index contributed by atoms with van der Waals surface area (Å²) >= 11 is 6.66. The molecule has 0 saturated carbocycles. The average Bonchev–Trinajstić information content (AvgIpc) is 1.59. The number of ketones is 1. The van der Waals surface area contributed by atoms with E-state index in [1.54, 1.807) is 142 Å². The van der Waals surface area contributed by atoms with E-state index in [2.05, 4.69) is 118 Å². The number of benzene rings is 7. The third kappa shape index (κ3) is 22.0. The Balaban J connectivity index is 0.000000164. The quantitative estimate of drug-likeness (QED) is 0.0161. The number of nitrogens with two attached hydrogens (primary N) is 2.